The van der Waals surface area contributed by atoms with Crippen molar-refractivity contribution in [3.05, 3.63) is 17.0 Å². The highest BCUT2D eigenvalue weighted by Crippen LogP contribution is 2.29. The quantitative estimate of drug-likeness (QED) is 0.779. The van der Waals surface area contributed by atoms with Gasteiger partial charge in [0.2, 0.25) is 0 Å². The van der Waals surface area contributed by atoms with Crippen LogP contribution in [0, 0.1) is 5.92 Å². The molecule has 6 nitrogen and oxygen atoms in total. The number of likely N-dealkylation sites (N-methyl/N-ethyl adjacent to an activating group) is 1. The Labute approximate surface area is 157 Å². The summed E-state index contributed by atoms with van der Waals surface area (Å²) in [5.74, 6) is 0.609. The summed E-state index contributed by atoms with van der Waals surface area (Å²) < 4.78 is 7.52. The molecular formula is C20H34N4O2. The largest absolute Gasteiger partial charge is 0.378 e. The van der Waals surface area contributed by atoms with E-state index in [9.17, 15) is 4.79 Å². The van der Waals surface area contributed by atoms with E-state index in [1.807, 2.05) is 4.90 Å². The van der Waals surface area contributed by atoms with Gasteiger partial charge in [-0.1, -0.05) is 27.7 Å². The van der Waals surface area contributed by atoms with Crippen molar-refractivity contribution in [1.82, 2.24) is 19.6 Å². The average Bonchev–Trinajstić information content (AvgIpc) is 3.00. The van der Waals surface area contributed by atoms with Crippen LogP contribution in [0.1, 0.15) is 55.9 Å². The third-order valence-corrected chi connectivity index (χ3v) is 5.69. The standard InChI is InChI=1S/C20H34N4O2/c1-5-22(6-2)16-7-8-18-17(13-16)19(21-24(18)14-15(3)4)20(25)23-9-11-26-12-10-23/h15-16H,5-14H2,1-4H3. The molecule has 3 rings (SSSR count). The molecule has 0 N–H and O–H groups in total. The van der Waals surface area contributed by atoms with Gasteiger partial charge in [0.05, 0.1) is 13.2 Å². The van der Waals surface area contributed by atoms with Gasteiger partial charge in [0, 0.05) is 36.9 Å². The molecule has 26 heavy (non-hydrogen) atoms. The number of fused-ring (bicyclic) bond motifs is 1. The number of nitrogens with zero attached hydrogens (tertiary/aromatic N) is 4. The van der Waals surface area contributed by atoms with Crippen LogP contribution in [0.2, 0.25) is 0 Å². The predicted molar refractivity (Wildman–Crippen MR) is 103 cm³/mol. The van der Waals surface area contributed by atoms with Gasteiger partial charge in [-0.3, -0.25) is 9.48 Å². The summed E-state index contributed by atoms with van der Waals surface area (Å²) >= 11 is 0. The van der Waals surface area contributed by atoms with Crippen molar-refractivity contribution in [1.29, 1.82) is 0 Å². The molecule has 1 atom stereocenters. The molecule has 2 aliphatic rings. The molecule has 0 aromatic carbocycles. The molecule has 146 valence electrons. The molecule has 0 saturated carbocycles. The Kier molecular flexibility index (Phi) is 6.35. The molecule has 1 fully saturated rings. The van der Waals surface area contributed by atoms with Crippen LogP contribution in [0.3, 0.4) is 0 Å². The molecule has 1 aliphatic carbocycles. The Morgan fingerprint density at radius 2 is 1.96 bits per heavy atom. The van der Waals surface area contributed by atoms with Crippen LogP contribution in [0.25, 0.3) is 0 Å². The van der Waals surface area contributed by atoms with E-state index in [-0.39, 0.29) is 5.91 Å². The van der Waals surface area contributed by atoms with Gasteiger partial charge < -0.3 is 14.5 Å². The fraction of sp³-hybridized carbons (Fsp3) is 0.800. The number of amides is 1. The zero-order valence-corrected chi connectivity index (χ0v) is 16.8. The maximum absolute atomic E-state index is 13.2. The van der Waals surface area contributed by atoms with Gasteiger partial charge in [0.25, 0.3) is 5.91 Å². The van der Waals surface area contributed by atoms with Crippen molar-refractivity contribution < 1.29 is 9.53 Å². The number of rotatable bonds is 6. The van der Waals surface area contributed by atoms with Crippen LogP contribution < -0.4 is 0 Å². The van der Waals surface area contributed by atoms with E-state index in [4.69, 9.17) is 9.84 Å². The Hall–Kier alpha value is -1.40. The first-order chi connectivity index (χ1) is 12.5. The fourth-order valence-electron chi connectivity index (χ4n) is 4.31. The highest BCUT2D eigenvalue weighted by Gasteiger charge is 2.33. The number of carbonyl (C=O) groups excluding carboxylic acids is 1. The van der Waals surface area contributed by atoms with Crippen molar-refractivity contribution >= 4 is 5.91 Å². The molecule has 1 aromatic heterocycles. The molecule has 1 saturated heterocycles. The van der Waals surface area contributed by atoms with Gasteiger partial charge in [-0.25, -0.2) is 0 Å². The van der Waals surface area contributed by atoms with Crippen LogP contribution >= 0.6 is 0 Å². The van der Waals surface area contributed by atoms with Crippen LogP contribution in [-0.2, 0) is 24.1 Å². The first kappa shape index (κ1) is 19.4. The van der Waals surface area contributed by atoms with E-state index in [1.54, 1.807) is 0 Å². The van der Waals surface area contributed by atoms with Gasteiger partial charge in [-0.2, -0.15) is 5.10 Å². The van der Waals surface area contributed by atoms with E-state index in [0.717, 1.165) is 38.9 Å². The maximum atomic E-state index is 13.2. The van der Waals surface area contributed by atoms with Crippen LogP contribution in [0.15, 0.2) is 0 Å². The van der Waals surface area contributed by atoms with E-state index in [2.05, 4.69) is 37.3 Å². The van der Waals surface area contributed by atoms with Crippen LogP contribution in [0.5, 0.6) is 0 Å². The molecule has 0 radical (unpaired) electrons. The summed E-state index contributed by atoms with van der Waals surface area (Å²) in [5, 5.41) is 4.82. The highest BCUT2D eigenvalue weighted by atomic mass is 16.5. The minimum absolute atomic E-state index is 0.0900. The lowest BCUT2D eigenvalue weighted by Crippen LogP contribution is -2.42. The van der Waals surface area contributed by atoms with Crippen molar-refractivity contribution in [3.63, 3.8) is 0 Å². The predicted octanol–water partition coefficient (Wildman–Crippen LogP) is 2.21. The lowest BCUT2D eigenvalue weighted by atomic mass is 9.90. The molecule has 0 spiro atoms. The lowest BCUT2D eigenvalue weighted by Gasteiger charge is -2.33. The first-order valence-electron chi connectivity index (χ1n) is 10.2. The second-order valence-corrected chi connectivity index (χ2v) is 7.87. The minimum Gasteiger partial charge on any atom is -0.378 e. The third kappa shape index (κ3) is 3.96. The number of ether oxygens (including phenoxy) is 1. The Balaban J connectivity index is 1.91. The van der Waals surface area contributed by atoms with Gasteiger partial charge in [0.15, 0.2) is 5.69 Å². The zero-order chi connectivity index (χ0) is 18.7. The summed E-state index contributed by atoms with van der Waals surface area (Å²) in [5.41, 5.74) is 3.18. The highest BCUT2D eigenvalue weighted by molar-refractivity contribution is 5.94. The third-order valence-electron chi connectivity index (χ3n) is 5.69. The molecule has 1 amide bonds. The second-order valence-electron chi connectivity index (χ2n) is 7.87. The Morgan fingerprint density at radius 1 is 1.27 bits per heavy atom. The number of carbonyl (C=O) groups is 1. The average molecular weight is 363 g/mol. The van der Waals surface area contributed by atoms with Crippen molar-refractivity contribution in [2.24, 2.45) is 5.92 Å². The molecule has 2 heterocycles. The van der Waals surface area contributed by atoms with E-state index in [0.29, 0.717) is 44.0 Å². The van der Waals surface area contributed by atoms with Gasteiger partial charge in [-0.05, 0) is 38.3 Å². The molecule has 0 bridgehead atoms. The maximum Gasteiger partial charge on any atom is 0.274 e. The summed E-state index contributed by atoms with van der Waals surface area (Å²) in [6.07, 6.45) is 3.12. The number of morpholine rings is 1. The fourth-order valence-corrected chi connectivity index (χ4v) is 4.31. The molecule has 1 unspecified atom stereocenters. The van der Waals surface area contributed by atoms with Crippen molar-refractivity contribution in [2.45, 2.75) is 59.5 Å². The van der Waals surface area contributed by atoms with Gasteiger partial charge in [0.1, 0.15) is 0 Å². The molecule has 1 aromatic rings. The monoisotopic (exact) mass is 362 g/mol. The van der Waals surface area contributed by atoms with Crippen molar-refractivity contribution in [2.75, 3.05) is 39.4 Å². The second kappa shape index (κ2) is 8.53. The number of hydrogen-bond donors (Lipinski definition) is 0. The topological polar surface area (TPSA) is 50.6 Å². The summed E-state index contributed by atoms with van der Waals surface area (Å²) in [4.78, 5) is 17.6. The van der Waals surface area contributed by atoms with Gasteiger partial charge in [-0.15, -0.1) is 0 Å². The Morgan fingerprint density at radius 3 is 2.58 bits per heavy atom. The van der Waals surface area contributed by atoms with E-state index in [1.165, 1.54) is 11.3 Å². The van der Waals surface area contributed by atoms with Crippen LogP contribution in [-0.4, -0.2) is 70.9 Å². The summed E-state index contributed by atoms with van der Waals surface area (Å²) in [7, 11) is 0. The lowest BCUT2D eigenvalue weighted by molar-refractivity contribution is 0.0297. The summed E-state index contributed by atoms with van der Waals surface area (Å²) in [6.45, 7) is 14.5. The van der Waals surface area contributed by atoms with E-state index < -0.39 is 0 Å². The Bertz CT molecular complexity index is 616. The number of aromatic nitrogens is 2. The van der Waals surface area contributed by atoms with Crippen LogP contribution in [0.4, 0.5) is 0 Å². The smallest absolute Gasteiger partial charge is 0.274 e. The zero-order valence-electron chi connectivity index (χ0n) is 16.8. The first-order valence-corrected chi connectivity index (χ1v) is 10.2. The molecule has 1 aliphatic heterocycles. The molecule has 6 heteroatoms. The van der Waals surface area contributed by atoms with Gasteiger partial charge >= 0.3 is 0 Å². The SMILES string of the molecule is CCN(CC)C1CCc2c(c(C(=O)N3CCOCC3)nn2CC(C)C)C1. The number of hydrogen-bond acceptors (Lipinski definition) is 4. The molecular weight excluding hydrogens is 328 g/mol. The normalized spacial score (nSPS) is 20.7. The summed E-state index contributed by atoms with van der Waals surface area (Å²) in [6, 6.07) is 0.519. The minimum atomic E-state index is 0.0900. The van der Waals surface area contributed by atoms with Crippen molar-refractivity contribution in [3.8, 4) is 0 Å². The van der Waals surface area contributed by atoms with E-state index >= 15 is 0 Å².